The Hall–Kier alpha value is -5.64. The highest BCUT2D eigenvalue weighted by Gasteiger charge is 2.26. The van der Waals surface area contributed by atoms with Crippen LogP contribution in [-0.2, 0) is 0 Å². The number of nitrogens with zero attached hydrogens (tertiary/aromatic N) is 5. The lowest BCUT2D eigenvalue weighted by atomic mass is 10.0. The highest BCUT2D eigenvalue weighted by molar-refractivity contribution is 6.07. The summed E-state index contributed by atoms with van der Waals surface area (Å²) < 4.78 is 16.2. The number of carbonyl (C=O) groups excluding carboxylic acids is 1. The minimum absolute atomic E-state index is 0.0317. The fourth-order valence-electron chi connectivity index (χ4n) is 5.90. The molecular weight excluding hydrogens is 568 g/mol. The average molecular weight is 601 g/mol. The van der Waals surface area contributed by atoms with Gasteiger partial charge < -0.3 is 29.7 Å². The maximum absolute atomic E-state index is 14.1. The molecule has 226 valence electrons. The largest absolute Gasteiger partial charge is 0.497 e. The summed E-state index contributed by atoms with van der Waals surface area (Å²) >= 11 is 0. The molecule has 1 amide bonds. The van der Waals surface area contributed by atoms with Gasteiger partial charge in [-0.15, -0.1) is 0 Å². The van der Waals surface area contributed by atoms with E-state index < -0.39 is 0 Å². The number of ether oxygens (including phenoxy) is 3. The number of hydrogen-bond acceptors (Lipinski definition) is 9. The van der Waals surface area contributed by atoms with Crippen LogP contribution in [0, 0.1) is 0 Å². The minimum Gasteiger partial charge on any atom is -0.497 e. The third kappa shape index (κ3) is 5.14. The molecule has 10 heteroatoms. The summed E-state index contributed by atoms with van der Waals surface area (Å²) in [4.78, 5) is 32.3. The molecule has 45 heavy (non-hydrogen) atoms. The van der Waals surface area contributed by atoms with Gasteiger partial charge in [0.2, 0.25) is 5.95 Å². The number of pyridine rings is 1. The van der Waals surface area contributed by atoms with E-state index in [9.17, 15) is 4.79 Å². The summed E-state index contributed by atoms with van der Waals surface area (Å²) in [5.41, 5.74) is 10.1. The Kier molecular flexibility index (Phi) is 7.17. The molecule has 4 aromatic carbocycles. The van der Waals surface area contributed by atoms with Gasteiger partial charge in [-0.1, -0.05) is 36.4 Å². The van der Waals surface area contributed by atoms with E-state index in [1.165, 1.54) is 0 Å². The Morgan fingerprint density at radius 3 is 2.22 bits per heavy atom. The van der Waals surface area contributed by atoms with Crippen molar-refractivity contribution in [1.82, 2.24) is 19.9 Å². The van der Waals surface area contributed by atoms with Gasteiger partial charge in [-0.25, -0.2) is 9.97 Å². The second kappa shape index (κ2) is 11.5. The molecule has 1 aliphatic heterocycles. The van der Waals surface area contributed by atoms with E-state index in [2.05, 4.69) is 22.0 Å². The lowest BCUT2D eigenvalue weighted by molar-refractivity contribution is 0.0748. The molecule has 1 fully saturated rings. The number of aromatic nitrogens is 3. The van der Waals surface area contributed by atoms with Gasteiger partial charge in [0, 0.05) is 48.6 Å². The summed E-state index contributed by atoms with van der Waals surface area (Å²) in [6.07, 6.45) is 0. The van der Waals surface area contributed by atoms with Gasteiger partial charge in [-0.2, -0.15) is 4.98 Å². The molecule has 7 rings (SSSR count). The predicted octanol–water partition coefficient (Wildman–Crippen LogP) is 5.57. The number of hydrogen-bond donors (Lipinski definition) is 1. The van der Waals surface area contributed by atoms with Crippen LogP contribution < -0.4 is 24.8 Å². The SMILES string of the molecule is COc1ccc2cc(-c3cc(C(=O)N4CCN(c5nc(N)c6cc(OC)c(OC)cc6n5)CC4)c4ccccc4n3)ccc2c1. The number of nitrogens with two attached hydrogens (primary N) is 1. The number of anilines is 2. The van der Waals surface area contributed by atoms with E-state index in [-0.39, 0.29) is 5.91 Å². The first-order chi connectivity index (χ1) is 21.9. The second-order valence-corrected chi connectivity index (χ2v) is 10.9. The van der Waals surface area contributed by atoms with Gasteiger partial charge in [0.05, 0.1) is 43.6 Å². The quantitative estimate of drug-likeness (QED) is 0.262. The van der Waals surface area contributed by atoms with Crippen LogP contribution in [0.4, 0.5) is 11.8 Å². The van der Waals surface area contributed by atoms with Crippen molar-refractivity contribution < 1.29 is 19.0 Å². The summed E-state index contributed by atoms with van der Waals surface area (Å²) in [5.74, 6) is 2.79. The average Bonchev–Trinajstić information content (AvgIpc) is 3.09. The monoisotopic (exact) mass is 600 g/mol. The van der Waals surface area contributed by atoms with Gasteiger partial charge in [0.25, 0.3) is 5.91 Å². The molecule has 2 aromatic heterocycles. The maximum atomic E-state index is 14.1. The lowest BCUT2D eigenvalue weighted by Crippen LogP contribution is -2.49. The van der Waals surface area contributed by atoms with Crippen LogP contribution in [0.5, 0.6) is 17.2 Å². The third-order valence-corrected chi connectivity index (χ3v) is 8.36. The first-order valence-corrected chi connectivity index (χ1v) is 14.7. The fraction of sp³-hybridized carbons (Fsp3) is 0.200. The van der Waals surface area contributed by atoms with Crippen molar-refractivity contribution in [3.63, 3.8) is 0 Å². The molecule has 0 bridgehead atoms. The zero-order chi connectivity index (χ0) is 31.1. The Morgan fingerprint density at radius 2 is 1.44 bits per heavy atom. The van der Waals surface area contributed by atoms with Crippen LogP contribution in [0.1, 0.15) is 10.4 Å². The Bertz CT molecular complexity index is 2090. The van der Waals surface area contributed by atoms with Crippen LogP contribution >= 0.6 is 0 Å². The van der Waals surface area contributed by atoms with Gasteiger partial charge in [0.1, 0.15) is 11.6 Å². The molecule has 0 saturated carbocycles. The smallest absolute Gasteiger partial charge is 0.254 e. The molecule has 6 aromatic rings. The van der Waals surface area contributed by atoms with E-state index in [0.29, 0.717) is 65.9 Å². The van der Waals surface area contributed by atoms with Crippen LogP contribution in [-0.4, -0.2) is 73.3 Å². The number of para-hydroxylation sites is 1. The Balaban J connectivity index is 1.16. The van der Waals surface area contributed by atoms with Gasteiger partial charge in [-0.3, -0.25) is 4.79 Å². The highest BCUT2D eigenvalue weighted by atomic mass is 16.5. The van der Waals surface area contributed by atoms with Gasteiger partial charge in [0.15, 0.2) is 11.5 Å². The standard InChI is InChI=1S/C35H32N6O4/c1-43-24-11-10-21-16-23(9-8-22(21)17-24)29-18-26(25-6-4-5-7-28(25)37-29)34(42)40-12-14-41(15-13-40)35-38-30-20-32(45-3)31(44-2)19-27(30)33(36)39-35/h4-11,16-20H,12-15H2,1-3H3,(H2,36,38,39). The van der Waals surface area contributed by atoms with Crippen molar-refractivity contribution in [2.45, 2.75) is 0 Å². The van der Waals surface area contributed by atoms with Crippen LogP contribution in [0.25, 0.3) is 43.8 Å². The number of carbonyl (C=O) groups is 1. The van der Waals surface area contributed by atoms with Crippen molar-refractivity contribution in [3.8, 4) is 28.5 Å². The van der Waals surface area contributed by atoms with E-state index in [4.69, 9.17) is 29.9 Å². The molecule has 0 unspecified atom stereocenters. The first kappa shape index (κ1) is 28.1. The lowest BCUT2D eigenvalue weighted by Gasteiger charge is -2.35. The third-order valence-electron chi connectivity index (χ3n) is 8.36. The molecule has 1 aliphatic rings. The highest BCUT2D eigenvalue weighted by Crippen LogP contribution is 2.35. The van der Waals surface area contributed by atoms with Gasteiger partial charge in [-0.05, 0) is 47.2 Å². The van der Waals surface area contributed by atoms with Crippen LogP contribution in [0.2, 0.25) is 0 Å². The van der Waals surface area contributed by atoms with Crippen LogP contribution in [0.3, 0.4) is 0 Å². The topological polar surface area (TPSA) is 116 Å². The van der Waals surface area contributed by atoms with Crippen molar-refractivity contribution in [2.24, 2.45) is 0 Å². The number of benzene rings is 4. The summed E-state index contributed by atoms with van der Waals surface area (Å²) in [7, 11) is 4.82. The van der Waals surface area contributed by atoms with Crippen molar-refractivity contribution in [3.05, 3.63) is 84.4 Å². The Labute approximate surface area is 260 Å². The molecule has 10 nitrogen and oxygen atoms in total. The van der Waals surface area contributed by atoms with E-state index >= 15 is 0 Å². The summed E-state index contributed by atoms with van der Waals surface area (Å²) in [6, 6.07) is 25.5. The summed E-state index contributed by atoms with van der Waals surface area (Å²) in [5, 5.41) is 3.66. The number of piperazine rings is 1. The van der Waals surface area contributed by atoms with E-state index in [1.807, 2.05) is 59.5 Å². The number of fused-ring (bicyclic) bond motifs is 3. The Morgan fingerprint density at radius 1 is 0.711 bits per heavy atom. The minimum atomic E-state index is -0.0317. The molecule has 1 saturated heterocycles. The molecule has 0 spiro atoms. The number of nitrogen functional groups attached to an aromatic ring is 1. The second-order valence-electron chi connectivity index (χ2n) is 10.9. The van der Waals surface area contributed by atoms with Crippen molar-refractivity contribution in [1.29, 1.82) is 0 Å². The zero-order valence-electron chi connectivity index (χ0n) is 25.3. The molecule has 2 N–H and O–H groups in total. The van der Waals surface area contributed by atoms with Crippen molar-refractivity contribution >= 4 is 50.3 Å². The first-order valence-electron chi connectivity index (χ1n) is 14.7. The summed E-state index contributed by atoms with van der Waals surface area (Å²) in [6.45, 7) is 2.15. The van der Waals surface area contributed by atoms with E-state index in [1.54, 1.807) is 33.5 Å². The normalized spacial score (nSPS) is 13.4. The molecule has 0 aliphatic carbocycles. The molecule has 3 heterocycles. The molecular formula is C35H32N6O4. The number of methoxy groups -OCH3 is 3. The van der Waals surface area contributed by atoms with Gasteiger partial charge >= 0.3 is 0 Å². The molecule has 0 atom stereocenters. The number of amides is 1. The van der Waals surface area contributed by atoms with Crippen LogP contribution in [0.15, 0.2) is 78.9 Å². The predicted molar refractivity (Wildman–Crippen MR) is 176 cm³/mol. The molecule has 0 radical (unpaired) electrons. The maximum Gasteiger partial charge on any atom is 0.254 e. The zero-order valence-corrected chi connectivity index (χ0v) is 25.3. The van der Waals surface area contributed by atoms with Crippen molar-refractivity contribution in [2.75, 3.05) is 58.1 Å². The van der Waals surface area contributed by atoms with E-state index in [0.717, 1.165) is 38.7 Å². The number of rotatable bonds is 6. The fourth-order valence-corrected chi connectivity index (χ4v) is 5.90.